The third-order valence-corrected chi connectivity index (χ3v) is 3.69. The van der Waals surface area contributed by atoms with Crippen LogP contribution in [0.4, 0.5) is 0 Å². The van der Waals surface area contributed by atoms with Crippen molar-refractivity contribution >= 4 is 24.8 Å². The summed E-state index contributed by atoms with van der Waals surface area (Å²) in [6.07, 6.45) is 0.944. The molecule has 2 N–H and O–H groups in total. The number of ether oxygens (including phenoxy) is 1. The van der Waals surface area contributed by atoms with Gasteiger partial charge in [0.1, 0.15) is 12.4 Å². The predicted molar refractivity (Wildman–Crippen MR) is 95.2 cm³/mol. The molecule has 0 amide bonds. The molecule has 126 valence electrons. The number of para-hydroxylation sites is 1. The second-order valence-corrected chi connectivity index (χ2v) is 5.31. The average Bonchev–Trinajstić information content (AvgIpc) is 2.53. The first-order valence-electron chi connectivity index (χ1n) is 7.20. The van der Waals surface area contributed by atoms with Crippen LogP contribution in [0.25, 0.3) is 0 Å². The van der Waals surface area contributed by atoms with Gasteiger partial charge in [-0.1, -0.05) is 18.2 Å². The maximum atomic E-state index is 5.85. The van der Waals surface area contributed by atoms with Crippen LogP contribution in [0.15, 0.2) is 30.3 Å². The van der Waals surface area contributed by atoms with Gasteiger partial charge in [-0.2, -0.15) is 0 Å². The van der Waals surface area contributed by atoms with E-state index in [2.05, 4.69) is 21.9 Å². The Kier molecular flexibility index (Phi) is 7.72. The van der Waals surface area contributed by atoms with Crippen LogP contribution < -0.4 is 10.5 Å². The van der Waals surface area contributed by atoms with Gasteiger partial charge in [0.25, 0.3) is 0 Å². The number of hydrogen-bond donors (Lipinski definition) is 1. The van der Waals surface area contributed by atoms with E-state index in [0.717, 1.165) is 36.6 Å². The molecule has 0 radical (unpaired) electrons. The fourth-order valence-corrected chi connectivity index (χ4v) is 2.57. The number of benzene rings is 1. The minimum absolute atomic E-state index is 0. The summed E-state index contributed by atoms with van der Waals surface area (Å²) in [5, 5.41) is 0. The number of nitrogens with zero attached hydrogens (tertiary/aromatic N) is 3. The van der Waals surface area contributed by atoms with E-state index < -0.39 is 0 Å². The minimum atomic E-state index is 0. The largest absolute Gasteiger partial charge is 0.486 e. The summed E-state index contributed by atoms with van der Waals surface area (Å²) in [5.74, 6) is 1.54. The molecule has 0 saturated carbocycles. The molecule has 1 aromatic carbocycles. The van der Waals surface area contributed by atoms with Gasteiger partial charge in [-0.3, -0.25) is 0 Å². The zero-order valence-corrected chi connectivity index (χ0v) is 14.7. The van der Waals surface area contributed by atoms with E-state index in [4.69, 9.17) is 10.5 Å². The van der Waals surface area contributed by atoms with E-state index in [1.807, 2.05) is 30.3 Å². The third-order valence-electron chi connectivity index (χ3n) is 3.69. The Bertz CT molecular complexity index is 608. The fourth-order valence-electron chi connectivity index (χ4n) is 2.57. The third kappa shape index (κ3) is 4.78. The van der Waals surface area contributed by atoms with Crippen molar-refractivity contribution in [2.75, 3.05) is 13.6 Å². The van der Waals surface area contributed by atoms with Crippen molar-refractivity contribution in [2.45, 2.75) is 26.1 Å². The molecule has 1 aromatic heterocycles. The summed E-state index contributed by atoms with van der Waals surface area (Å²) in [5.41, 5.74) is 9.10. The Labute approximate surface area is 149 Å². The van der Waals surface area contributed by atoms with Crippen molar-refractivity contribution in [3.8, 4) is 5.75 Å². The van der Waals surface area contributed by atoms with Gasteiger partial charge in [0, 0.05) is 31.6 Å². The number of likely N-dealkylation sites (N-methyl/N-ethyl adjacent to an activating group) is 1. The number of fused-ring (bicyclic) bond motifs is 1. The van der Waals surface area contributed by atoms with Gasteiger partial charge in [-0.05, 0) is 19.2 Å². The Morgan fingerprint density at radius 2 is 1.91 bits per heavy atom. The molecule has 1 aliphatic heterocycles. The highest BCUT2D eigenvalue weighted by Gasteiger charge is 2.19. The van der Waals surface area contributed by atoms with Crippen LogP contribution in [0.2, 0.25) is 0 Å². The standard InChI is InChI=1S/C16H20N4O.2ClH/c1-20-8-7-14-13(10-20)15(9-17)19-16(18-14)11-21-12-5-3-2-4-6-12;;/h2-6H,7-11,17H2,1H3;2*1H. The van der Waals surface area contributed by atoms with Crippen LogP contribution in [0.5, 0.6) is 5.75 Å². The van der Waals surface area contributed by atoms with E-state index in [-0.39, 0.29) is 24.8 Å². The number of aromatic nitrogens is 2. The summed E-state index contributed by atoms with van der Waals surface area (Å²) in [4.78, 5) is 11.5. The van der Waals surface area contributed by atoms with E-state index >= 15 is 0 Å². The number of hydrogen-bond acceptors (Lipinski definition) is 5. The zero-order valence-electron chi connectivity index (χ0n) is 13.1. The monoisotopic (exact) mass is 356 g/mol. The molecule has 3 rings (SSSR count). The van der Waals surface area contributed by atoms with E-state index in [1.54, 1.807) is 0 Å². The molecule has 7 heteroatoms. The zero-order chi connectivity index (χ0) is 14.7. The minimum Gasteiger partial charge on any atom is -0.486 e. The Hall–Kier alpha value is -1.40. The molecule has 2 aromatic rings. The van der Waals surface area contributed by atoms with Crippen LogP contribution in [-0.2, 0) is 26.1 Å². The highest BCUT2D eigenvalue weighted by Crippen LogP contribution is 2.20. The van der Waals surface area contributed by atoms with Crippen LogP contribution in [0.1, 0.15) is 22.8 Å². The Morgan fingerprint density at radius 3 is 2.61 bits per heavy atom. The van der Waals surface area contributed by atoms with Gasteiger partial charge >= 0.3 is 0 Å². The van der Waals surface area contributed by atoms with Crippen LogP contribution in [-0.4, -0.2) is 28.5 Å². The molecule has 5 nitrogen and oxygen atoms in total. The lowest BCUT2D eigenvalue weighted by atomic mass is 10.0. The SMILES string of the molecule is CN1CCc2nc(COc3ccccc3)nc(CN)c2C1.Cl.Cl. The first-order valence-corrected chi connectivity index (χ1v) is 7.20. The van der Waals surface area contributed by atoms with Crippen LogP contribution in [0, 0.1) is 0 Å². The molecule has 2 heterocycles. The van der Waals surface area contributed by atoms with E-state index in [0.29, 0.717) is 19.0 Å². The second kappa shape index (κ2) is 9.03. The molecule has 0 fully saturated rings. The highest BCUT2D eigenvalue weighted by atomic mass is 35.5. The first-order chi connectivity index (χ1) is 10.3. The average molecular weight is 357 g/mol. The quantitative estimate of drug-likeness (QED) is 0.910. The van der Waals surface area contributed by atoms with Gasteiger partial charge in [0.15, 0.2) is 5.82 Å². The van der Waals surface area contributed by atoms with E-state index in [9.17, 15) is 0 Å². The number of halogens is 2. The van der Waals surface area contributed by atoms with Gasteiger partial charge in [-0.15, -0.1) is 24.8 Å². The first kappa shape index (κ1) is 19.6. The predicted octanol–water partition coefficient (Wildman–Crippen LogP) is 2.35. The molecule has 23 heavy (non-hydrogen) atoms. The summed E-state index contributed by atoms with van der Waals surface area (Å²) in [6.45, 7) is 2.71. The smallest absolute Gasteiger partial charge is 0.166 e. The molecular weight excluding hydrogens is 335 g/mol. The molecule has 0 bridgehead atoms. The lowest BCUT2D eigenvalue weighted by Gasteiger charge is -2.26. The normalized spacial score (nSPS) is 13.5. The molecule has 0 spiro atoms. The van der Waals surface area contributed by atoms with Crippen molar-refractivity contribution < 1.29 is 4.74 Å². The molecular formula is C16H22Cl2N4O. The number of nitrogens with two attached hydrogens (primary N) is 1. The summed E-state index contributed by atoms with van der Waals surface area (Å²) in [7, 11) is 2.11. The fraction of sp³-hybridized carbons (Fsp3) is 0.375. The molecule has 0 atom stereocenters. The van der Waals surface area contributed by atoms with Crippen LogP contribution in [0.3, 0.4) is 0 Å². The summed E-state index contributed by atoms with van der Waals surface area (Å²) >= 11 is 0. The Morgan fingerprint density at radius 1 is 1.17 bits per heavy atom. The van der Waals surface area contributed by atoms with Crippen molar-refractivity contribution in [3.05, 3.63) is 53.1 Å². The molecule has 1 aliphatic rings. The van der Waals surface area contributed by atoms with Gasteiger partial charge < -0.3 is 15.4 Å². The lowest BCUT2D eigenvalue weighted by Crippen LogP contribution is -2.30. The summed E-state index contributed by atoms with van der Waals surface area (Å²) < 4.78 is 5.73. The van der Waals surface area contributed by atoms with Crippen molar-refractivity contribution in [3.63, 3.8) is 0 Å². The van der Waals surface area contributed by atoms with Gasteiger partial charge in [-0.25, -0.2) is 9.97 Å². The molecule has 0 unspecified atom stereocenters. The van der Waals surface area contributed by atoms with Crippen molar-refractivity contribution in [1.82, 2.24) is 14.9 Å². The van der Waals surface area contributed by atoms with E-state index in [1.165, 1.54) is 5.56 Å². The maximum absolute atomic E-state index is 5.85. The number of rotatable bonds is 4. The molecule has 0 saturated heterocycles. The van der Waals surface area contributed by atoms with Gasteiger partial charge in [0.05, 0.1) is 11.4 Å². The maximum Gasteiger partial charge on any atom is 0.166 e. The highest BCUT2D eigenvalue weighted by molar-refractivity contribution is 5.85. The van der Waals surface area contributed by atoms with Crippen molar-refractivity contribution in [1.29, 1.82) is 0 Å². The topological polar surface area (TPSA) is 64.3 Å². The van der Waals surface area contributed by atoms with Gasteiger partial charge in [0.2, 0.25) is 0 Å². The van der Waals surface area contributed by atoms with Crippen molar-refractivity contribution in [2.24, 2.45) is 5.73 Å². The van der Waals surface area contributed by atoms with Crippen LogP contribution >= 0.6 is 24.8 Å². The Balaban J connectivity index is 0.00000132. The summed E-state index contributed by atoms with van der Waals surface area (Å²) in [6, 6.07) is 9.72. The lowest BCUT2D eigenvalue weighted by molar-refractivity contribution is 0.287. The molecule has 0 aliphatic carbocycles. The second-order valence-electron chi connectivity index (χ2n) is 5.31.